The predicted molar refractivity (Wildman–Crippen MR) is 42.0 cm³/mol. The Kier molecular flexibility index (Phi) is 4.44. The van der Waals surface area contributed by atoms with E-state index in [2.05, 4.69) is 24.3 Å². The van der Waals surface area contributed by atoms with Gasteiger partial charge in [-0.3, -0.25) is 0 Å². The molecular weight excluding hydrogens is 134 g/mol. The van der Waals surface area contributed by atoms with Gasteiger partial charge in [-0.1, -0.05) is 13.1 Å². The molecule has 0 spiro atoms. The van der Waals surface area contributed by atoms with Gasteiger partial charge in [-0.15, -0.1) is 0 Å². The summed E-state index contributed by atoms with van der Waals surface area (Å²) in [6, 6.07) is 0. The SMILES string of the molecule is CO[SiH](C)N[SiH](C)C. The molecule has 0 fully saturated rings. The molecule has 8 heavy (non-hydrogen) atoms. The first-order chi connectivity index (χ1) is 3.66. The van der Waals surface area contributed by atoms with Gasteiger partial charge in [-0.25, -0.2) is 0 Å². The van der Waals surface area contributed by atoms with Crippen molar-refractivity contribution in [2.24, 2.45) is 0 Å². The molecule has 0 bridgehead atoms. The van der Waals surface area contributed by atoms with E-state index < -0.39 is 18.2 Å². The molecule has 0 aromatic carbocycles. The summed E-state index contributed by atoms with van der Waals surface area (Å²) in [7, 11) is 0.292. The minimum Gasteiger partial charge on any atom is -0.410 e. The van der Waals surface area contributed by atoms with Gasteiger partial charge in [-0.2, -0.15) is 0 Å². The number of rotatable bonds is 3. The molecule has 0 aliphatic rings. The summed E-state index contributed by atoms with van der Waals surface area (Å²) in [5.41, 5.74) is 0. The Hall–Kier alpha value is 0.354. The highest BCUT2D eigenvalue weighted by molar-refractivity contribution is 6.67. The molecule has 1 unspecified atom stereocenters. The molecule has 0 aromatic rings. The van der Waals surface area contributed by atoms with Crippen molar-refractivity contribution in [1.29, 1.82) is 0 Å². The molecular formula is C4H15NOSi2. The van der Waals surface area contributed by atoms with Crippen LogP contribution in [0, 0.1) is 0 Å². The topological polar surface area (TPSA) is 21.3 Å². The molecule has 0 aliphatic heterocycles. The van der Waals surface area contributed by atoms with Crippen LogP contribution in [0.2, 0.25) is 19.6 Å². The minimum atomic E-state index is -0.927. The van der Waals surface area contributed by atoms with E-state index in [0.29, 0.717) is 0 Å². The van der Waals surface area contributed by atoms with E-state index in [0.717, 1.165) is 0 Å². The summed E-state index contributed by atoms with van der Waals surface area (Å²) in [5, 5.41) is 0. The quantitative estimate of drug-likeness (QED) is 0.573. The first kappa shape index (κ1) is 8.35. The number of hydrogen-bond donors (Lipinski definition) is 1. The fourth-order valence-corrected chi connectivity index (χ4v) is 4.84. The largest absolute Gasteiger partial charge is 0.410 e. The Morgan fingerprint density at radius 2 is 1.75 bits per heavy atom. The molecule has 50 valence electrons. The normalized spacial score (nSPS) is 14.6. The zero-order valence-electron chi connectivity index (χ0n) is 6.06. The Morgan fingerprint density at radius 1 is 1.25 bits per heavy atom. The second kappa shape index (κ2) is 4.25. The highest BCUT2D eigenvalue weighted by atomic mass is 28.4. The van der Waals surface area contributed by atoms with Gasteiger partial charge in [0.2, 0.25) is 9.20 Å². The highest BCUT2D eigenvalue weighted by Crippen LogP contribution is 1.77. The average molecular weight is 149 g/mol. The molecule has 4 heteroatoms. The van der Waals surface area contributed by atoms with Crippen molar-refractivity contribution in [3.63, 3.8) is 0 Å². The fraction of sp³-hybridized carbons (Fsp3) is 1.00. The first-order valence-electron chi connectivity index (χ1n) is 2.95. The van der Waals surface area contributed by atoms with Crippen molar-refractivity contribution in [3.8, 4) is 0 Å². The maximum absolute atomic E-state index is 5.12. The zero-order valence-corrected chi connectivity index (χ0v) is 8.37. The number of nitrogens with one attached hydrogen (secondary N) is 1. The molecule has 0 aliphatic carbocycles. The summed E-state index contributed by atoms with van der Waals surface area (Å²) in [6.07, 6.45) is 0. The highest BCUT2D eigenvalue weighted by Gasteiger charge is 2.02. The second-order valence-electron chi connectivity index (χ2n) is 2.20. The van der Waals surface area contributed by atoms with Crippen molar-refractivity contribution >= 4 is 18.2 Å². The minimum absolute atomic E-state index is 0.559. The van der Waals surface area contributed by atoms with Crippen LogP contribution >= 0.6 is 0 Å². The van der Waals surface area contributed by atoms with Crippen LogP contribution in [-0.2, 0) is 4.43 Å². The molecule has 0 rings (SSSR count). The molecule has 1 atom stereocenters. The van der Waals surface area contributed by atoms with Crippen molar-refractivity contribution in [2.45, 2.75) is 19.6 Å². The lowest BCUT2D eigenvalue weighted by atomic mass is 11.8. The summed E-state index contributed by atoms with van der Waals surface area (Å²) >= 11 is 0. The monoisotopic (exact) mass is 149 g/mol. The van der Waals surface area contributed by atoms with Crippen LogP contribution in [-0.4, -0.2) is 25.3 Å². The first-order valence-corrected chi connectivity index (χ1v) is 8.04. The van der Waals surface area contributed by atoms with Gasteiger partial charge < -0.3 is 9.07 Å². The van der Waals surface area contributed by atoms with Gasteiger partial charge in [-0.05, 0) is 6.55 Å². The fourth-order valence-electron chi connectivity index (χ4n) is 0.537. The van der Waals surface area contributed by atoms with Gasteiger partial charge in [0.15, 0.2) is 0 Å². The molecule has 1 N–H and O–H groups in total. The van der Waals surface area contributed by atoms with E-state index in [1.165, 1.54) is 0 Å². The van der Waals surface area contributed by atoms with Crippen LogP contribution in [0.1, 0.15) is 0 Å². The third-order valence-corrected chi connectivity index (χ3v) is 6.17. The van der Waals surface area contributed by atoms with Crippen LogP contribution in [0.5, 0.6) is 0 Å². The van der Waals surface area contributed by atoms with Crippen LogP contribution < -0.4 is 4.65 Å². The number of hydrogen-bond acceptors (Lipinski definition) is 2. The van der Waals surface area contributed by atoms with E-state index in [1.807, 2.05) is 0 Å². The van der Waals surface area contributed by atoms with E-state index in [1.54, 1.807) is 7.11 Å². The van der Waals surface area contributed by atoms with Crippen molar-refractivity contribution in [1.82, 2.24) is 4.65 Å². The van der Waals surface area contributed by atoms with E-state index in [-0.39, 0.29) is 0 Å². The lowest BCUT2D eigenvalue weighted by Crippen LogP contribution is -2.40. The summed E-state index contributed by atoms with van der Waals surface area (Å²) in [6.45, 7) is 6.69. The average Bonchev–Trinajstić information content (AvgIpc) is 1.65. The maximum atomic E-state index is 5.12. The summed E-state index contributed by atoms with van der Waals surface area (Å²) < 4.78 is 8.57. The van der Waals surface area contributed by atoms with Gasteiger partial charge in [0, 0.05) is 7.11 Å². The predicted octanol–water partition coefficient (Wildman–Crippen LogP) is 0.0561. The lowest BCUT2D eigenvalue weighted by molar-refractivity contribution is 0.421. The van der Waals surface area contributed by atoms with Crippen molar-refractivity contribution in [2.75, 3.05) is 7.11 Å². The van der Waals surface area contributed by atoms with E-state index in [4.69, 9.17) is 4.43 Å². The van der Waals surface area contributed by atoms with Gasteiger partial charge in [0.05, 0.1) is 8.96 Å². The van der Waals surface area contributed by atoms with Crippen LogP contribution in [0.3, 0.4) is 0 Å². The molecule has 0 amide bonds. The molecule has 0 heterocycles. The van der Waals surface area contributed by atoms with Crippen LogP contribution in [0.15, 0.2) is 0 Å². The summed E-state index contributed by atoms with van der Waals surface area (Å²) in [4.78, 5) is 0. The van der Waals surface area contributed by atoms with Gasteiger partial charge >= 0.3 is 0 Å². The molecule has 0 saturated heterocycles. The van der Waals surface area contributed by atoms with Crippen LogP contribution in [0.25, 0.3) is 0 Å². The lowest BCUT2D eigenvalue weighted by Gasteiger charge is -2.11. The standard InChI is InChI=1S/C4H15NOSi2/c1-6-8(4)5-7(2)3/h5,7-8H,1-4H3. The smallest absolute Gasteiger partial charge is 0.242 e. The van der Waals surface area contributed by atoms with Crippen molar-refractivity contribution < 1.29 is 4.43 Å². The van der Waals surface area contributed by atoms with Gasteiger partial charge in [0.1, 0.15) is 0 Å². The molecule has 0 saturated carbocycles. The maximum Gasteiger partial charge on any atom is 0.242 e. The van der Waals surface area contributed by atoms with Gasteiger partial charge in [0.25, 0.3) is 0 Å². The third kappa shape index (κ3) is 4.51. The zero-order chi connectivity index (χ0) is 6.57. The third-order valence-electron chi connectivity index (χ3n) is 0.922. The Labute approximate surface area is 54.7 Å². The Balaban J connectivity index is 3.10. The van der Waals surface area contributed by atoms with Crippen molar-refractivity contribution in [3.05, 3.63) is 0 Å². The molecule has 2 nitrogen and oxygen atoms in total. The summed E-state index contributed by atoms with van der Waals surface area (Å²) in [5.74, 6) is 0. The van der Waals surface area contributed by atoms with E-state index >= 15 is 0 Å². The van der Waals surface area contributed by atoms with Crippen LogP contribution in [0.4, 0.5) is 0 Å². The second-order valence-corrected chi connectivity index (χ2v) is 7.60. The Bertz CT molecular complexity index is 60.0. The molecule has 0 radical (unpaired) electrons. The molecule has 0 aromatic heterocycles. The van der Waals surface area contributed by atoms with E-state index in [9.17, 15) is 0 Å². The Morgan fingerprint density at radius 3 is 1.88 bits per heavy atom.